The molecule has 0 fully saturated rings. The summed E-state index contributed by atoms with van der Waals surface area (Å²) in [7, 11) is 5.05. The lowest BCUT2D eigenvalue weighted by Crippen LogP contribution is -2.05. The van der Waals surface area contributed by atoms with Gasteiger partial charge >= 0.3 is 0 Å². The van der Waals surface area contributed by atoms with Crippen molar-refractivity contribution in [2.24, 2.45) is 0 Å². The Morgan fingerprint density at radius 3 is 2.48 bits per heavy atom. The van der Waals surface area contributed by atoms with Crippen molar-refractivity contribution >= 4 is 27.6 Å². The molecule has 1 aromatic heterocycles. The van der Waals surface area contributed by atoms with Gasteiger partial charge in [0.2, 0.25) is 0 Å². The van der Waals surface area contributed by atoms with Gasteiger partial charge in [0.05, 0.1) is 14.2 Å². The lowest BCUT2D eigenvalue weighted by atomic mass is 10.2. The van der Waals surface area contributed by atoms with E-state index in [0.29, 0.717) is 18.0 Å². The molecule has 2 aromatic rings. The van der Waals surface area contributed by atoms with Crippen LogP contribution in [-0.2, 0) is 6.54 Å². The summed E-state index contributed by atoms with van der Waals surface area (Å²) >= 11 is 3.47. The summed E-state index contributed by atoms with van der Waals surface area (Å²) in [6, 6.07) is 5.78. The Morgan fingerprint density at radius 2 is 1.81 bits per heavy atom. The van der Waals surface area contributed by atoms with Crippen LogP contribution in [0.3, 0.4) is 0 Å². The molecular formula is C14H17BrN4O2. The van der Waals surface area contributed by atoms with E-state index in [2.05, 4.69) is 36.5 Å². The van der Waals surface area contributed by atoms with Gasteiger partial charge in [0.1, 0.15) is 22.4 Å². The van der Waals surface area contributed by atoms with E-state index in [0.717, 1.165) is 21.7 Å². The second-order valence-corrected chi connectivity index (χ2v) is 4.97. The average molecular weight is 353 g/mol. The molecule has 21 heavy (non-hydrogen) atoms. The predicted octanol–water partition coefficient (Wildman–Crippen LogP) is 2.91. The van der Waals surface area contributed by atoms with E-state index in [9.17, 15) is 0 Å². The minimum absolute atomic E-state index is 0.610. The Balaban J connectivity index is 2.13. The minimum Gasteiger partial charge on any atom is -0.493 e. The van der Waals surface area contributed by atoms with E-state index in [1.165, 1.54) is 6.33 Å². The first-order valence-corrected chi connectivity index (χ1v) is 7.12. The molecule has 0 amide bonds. The van der Waals surface area contributed by atoms with Gasteiger partial charge in [-0.05, 0) is 33.6 Å². The van der Waals surface area contributed by atoms with E-state index in [1.54, 1.807) is 14.2 Å². The highest BCUT2D eigenvalue weighted by molar-refractivity contribution is 9.10. The maximum atomic E-state index is 5.29. The molecule has 0 radical (unpaired) electrons. The van der Waals surface area contributed by atoms with Crippen LogP contribution in [0.4, 0.5) is 11.6 Å². The first-order chi connectivity index (χ1) is 10.2. The Kier molecular flexibility index (Phi) is 5.21. The summed E-state index contributed by atoms with van der Waals surface area (Å²) in [6.07, 6.45) is 1.51. The smallest absolute Gasteiger partial charge is 0.161 e. The molecule has 0 spiro atoms. The SMILES string of the molecule is CNc1ncnc(NCc2ccc(OC)c(OC)c2)c1Br. The number of nitrogens with one attached hydrogen (secondary N) is 2. The first kappa shape index (κ1) is 15.4. The molecule has 0 unspecified atom stereocenters. The molecule has 2 N–H and O–H groups in total. The maximum Gasteiger partial charge on any atom is 0.161 e. The van der Waals surface area contributed by atoms with Crippen molar-refractivity contribution in [2.45, 2.75) is 6.54 Å². The summed E-state index contributed by atoms with van der Waals surface area (Å²) in [5, 5.41) is 6.25. The van der Waals surface area contributed by atoms with E-state index >= 15 is 0 Å². The van der Waals surface area contributed by atoms with Crippen molar-refractivity contribution in [1.29, 1.82) is 0 Å². The molecule has 7 heteroatoms. The Labute approximate surface area is 132 Å². The molecule has 112 valence electrons. The van der Waals surface area contributed by atoms with Gasteiger partial charge in [-0.15, -0.1) is 0 Å². The maximum absolute atomic E-state index is 5.29. The highest BCUT2D eigenvalue weighted by Gasteiger charge is 2.08. The molecule has 0 saturated carbocycles. The van der Waals surface area contributed by atoms with E-state index < -0.39 is 0 Å². The fourth-order valence-corrected chi connectivity index (χ4v) is 2.39. The number of aromatic nitrogens is 2. The number of hydrogen-bond acceptors (Lipinski definition) is 6. The van der Waals surface area contributed by atoms with Gasteiger partial charge in [-0.3, -0.25) is 0 Å². The van der Waals surface area contributed by atoms with Crippen LogP contribution in [-0.4, -0.2) is 31.2 Å². The molecule has 6 nitrogen and oxygen atoms in total. The van der Waals surface area contributed by atoms with Crippen molar-refractivity contribution < 1.29 is 9.47 Å². The lowest BCUT2D eigenvalue weighted by molar-refractivity contribution is 0.354. The number of hydrogen-bond donors (Lipinski definition) is 2. The topological polar surface area (TPSA) is 68.3 Å². The number of ether oxygens (including phenoxy) is 2. The molecule has 1 heterocycles. The average Bonchev–Trinajstić information content (AvgIpc) is 2.53. The van der Waals surface area contributed by atoms with Gasteiger partial charge in [-0.25, -0.2) is 9.97 Å². The first-order valence-electron chi connectivity index (χ1n) is 6.32. The van der Waals surface area contributed by atoms with E-state index in [4.69, 9.17) is 9.47 Å². The van der Waals surface area contributed by atoms with Gasteiger partial charge in [-0.1, -0.05) is 6.07 Å². The van der Waals surface area contributed by atoms with E-state index in [1.807, 2.05) is 25.2 Å². The Morgan fingerprint density at radius 1 is 1.10 bits per heavy atom. The largest absolute Gasteiger partial charge is 0.493 e. The Hall–Kier alpha value is -2.02. The fraction of sp³-hybridized carbons (Fsp3) is 0.286. The molecular weight excluding hydrogens is 336 g/mol. The summed E-state index contributed by atoms with van der Waals surface area (Å²) < 4.78 is 11.3. The molecule has 1 aromatic carbocycles. The van der Waals surface area contributed by atoms with Crippen LogP contribution in [0.5, 0.6) is 11.5 Å². The number of rotatable bonds is 6. The Bertz CT molecular complexity index is 622. The number of methoxy groups -OCH3 is 2. The monoisotopic (exact) mass is 352 g/mol. The second kappa shape index (κ2) is 7.12. The van der Waals surface area contributed by atoms with Crippen LogP contribution in [0.25, 0.3) is 0 Å². The summed E-state index contributed by atoms with van der Waals surface area (Å²) in [6.45, 7) is 0.610. The zero-order valence-corrected chi connectivity index (χ0v) is 13.7. The quantitative estimate of drug-likeness (QED) is 0.832. The highest BCUT2D eigenvalue weighted by Crippen LogP contribution is 2.29. The zero-order valence-electron chi connectivity index (χ0n) is 12.1. The van der Waals surface area contributed by atoms with Crippen LogP contribution in [0.15, 0.2) is 29.0 Å². The van der Waals surface area contributed by atoms with Crippen molar-refractivity contribution in [1.82, 2.24) is 9.97 Å². The van der Waals surface area contributed by atoms with Gasteiger partial charge in [-0.2, -0.15) is 0 Å². The van der Waals surface area contributed by atoms with Gasteiger partial charge in [0.25, 0.3) is 0 Å². The highest BCUT2D eigenvalue weighted by atomic mass is 79.9. The van der Waals surface area contributed by atoms with Crippen LogP contribution in [0.1, 0.15) is 5.56 Å². The molecule has 0 aliphatic heterocycles. The minimum atomic E-state index is 0.610. The third-order valence-corrected chi connectivity index (χ3v) is 3.69. The van der Waals surface area contributed by atoms with Gasteiger partial charge in [0, 0.05) is 13.6 Å². The van der Waals surface area contributed by atoms with E-state index in [-0.39, 0.29) is 0 Å². The summed E-state index contributed by atoms with van der Waals surface area (Å²) in [5.74, 6) is 2.88. The summed E-state index contributed by atoms with van der Waals surface area (Å²) in [5.41, 5.74) is 1.06. The number of halogens is 1. The van der Waals surface area contributed by atoms with Gasteiger partial charge in [0.15, 0.2) is 11.5 Å². The van der Waals surface area contributed by atoms with Crippen molar-refractivity contribution in [3.8, 4) is 11.5 Å². The standard InChI is InChI=1S/C14H17BrN4O2/c1-16-13-12(15)14(19-8-18-13)17-7-9-4-5-10(20-2)11(6-9)21-3/h4-6,8H,7H2,1-3H3,(H2,16,17,18,19). The molecule has 2 rings (SSSR count). The second-order valence-electron chi connectivity index (χ2n) is 4.18. The van der Waals surface area contributed by atoms with Gasteiger partial charge < -0.3 is 20.1 Å². The van der Waals surface area contributed by atoms with Crippen LogP contribution < -0.4 is 20.1 Å². The molecule has 0 atom stereocenters. The molecule has 0 bridgehead atoms. The third-order valence-electron chi connectivity index (χ3n) is 2.93. The molecule has 0 aliphatic carbocycles. The van der Waals surface area contributed by atoms with Crippen LogP contribution >= 0.6 is 15.9 Å². The summed E-state index contributed by atoms with van der Waals surface area (Å²) in [4.78, 5) is 8.33. The van der Waals surface area contributed by atoms with Crippen molar-refractivity contribution in [3.63, 3.8) is 0 Å². The normalized spacial score (nSPS) is 10.1. The molecule has 0 aliphatic rings. The predicted molar refractivity (Wildman–Crippen MR) is 86.2 cm³/mol. The number of benzene rings is 1. The fourth-order valence-electron chi connectivity index (χ4n) is 1.84. The van der Waals surface area contributed by atoms with Crippen LogP contribution in [0, 0.1) is 0 Å². The number of anilines is 2. The van der Waals surface area contributed by atoms with Crippen LogP contribution in [0.2, 0.25) is 0 Å². The molecule has 0 saturated heterocycles. The van der Waals surface area contributed by atoms with Crippen molar-refractivity contribution in [3.05, 3.63) is 34.6 Å². The number of nitrogens with zero attached hydrogens (tertiary/aromatic N) is 2. The lowest BCUT2D eigenvalue weighted by Gasteiger charge is -2.12. The third kappa shape index (κ3) is 3.55. The zero-order chi connectivity index (χ0) is 15.2. The van der Waals surface area contributed by atoms with Crippen molar-refractivity contribution in [2.75, 3.05) is 31.9 Å².